The summed E-state index contributed by atoms with van der Waals surface area (Å²) in [5.74, 6) is 0.479. The lowest BCUT2D eigenvalue weighted by Gasteiger charge is -2.38. The van der Waals surface area contributed by atoms with E-state index in [2.05, 4.69) is 34.7 Å². The minimum atomic E-state index is 0.126. The van der Waals surface area contributed by atoms with Crippen LogP contribution < -0.4 is 5.32 Å². The third-order valence-corrected chi connectivity index (χ3v) is 6.04. The smallest absolute Gasteiger partial charge is 0.223 e. The molecule has 0 unspecified atom stereocenters. The van der Waals surface area contributed by atoms with Crippen LogP contribution in [0.5, 0.6) is 0 Å². The molecule has 1 N–H and O–H groups in total. The number of amides is 1. The zero-order chi connectivity index (χ0) is 16.1. The highest BCUT2D eigenvalue weighted by molar-refractivity contribution is 7.10. The van der Waals surface area contributed by atoms with Crippen LogP contribution in [0.1, 0.15) is 49.9 Å². The van der Waals surface area contributed by atoms with Gasteiger partial charge in [-0.05, 0) is 31.2 Å². The Morgan fingerprint density at radius 3 is 2.70 bits per heavy atom. The molecule has 0 radical (unpaired) electrons. The van der Waals surface area contributed by atoms with E-state index in [1.165, 1.54) is 24.1 Å². The van der Waals surface area contributed by atoms with E-state index in [9.17, 15) is 4.79 Å². The molecule has 4 nitrogen and oxygen atoms in total. The lowest BCUT2D eigenvalue weighted by molar-refractivity contribution is -0.127. The van der Waals surface area contributed by atoms with Crippen molar-refractivity contribution in [1.82, 2.24) is 10.2 Å². The second kappa shape index (κ2) is 8.27. The number of morpholine rings is 1. The monoisotopic (exact) mass is 336 g/mol. The summed E-state index contributed by atoms with van der Waals surface area (Å²) in [6.45, 7) is 5.59. The number of nitrogens with one attached hydrogen (secondary N) is 1. The van der Waals surface area contributed by atoms with Gasteiger partial charge in [-0.2, -0.15) is 0 Å². The number of ether oxygens (including phenoxy) is 1. The maximum absolute atomic E-state index is 12.6. The summed E-state index contributed by atoms with van der Waals surface area (Å²) in [6.07, 6.45) is 5.79. The second-order valence-corrected chi connectivity index (χ2v) is 7.72. The van der Waals surface area contributed by atoms with Crippen molar-refractivity contribution in [3.8, 4) is 0 Å². The molecule has 1 aliphatic carbocycles. The fourth-order valence-electron chi connectivity index (χ4n) is 3.84. The van der Waals surface area contributed by atoms with Crippen molar-refractivity contribution in [3.05, 3.63) is 22.4 Å². The van der Waals surface area contributed by atoms with E-state index in [0.717, 1.165) is 39.1 Å². The second-order valence-electron chi connectivity index (χ2n) is 6.74. The van der Waals surface area contributed by atoms with E-state index < -0.39 is 0 Å². The molecule has 2 aliphatic rings. The summed E-state index contributed by atoms with van der Waals surface area (Å²) in [4.78, 5) is 16.4. The average molecular weight is 337 g/mol. The van der Waals surface area contributed by atoms with Crippen molar-refractivity contribution in [2.45, 2.75) is 51.1 Å². The fourth-order valence-corrected chi connectivity index (χ4v) is 4.81. The first-order valence-corrected chi connectivity index (χ1v) is 9.79. The number of thiophene rings is 1. The number of rotatable bonds is 5. The van der Waals surface area contributed by atoms with Gasteiger partial charge in [0.2, 0.25) is 5.91 Å². The van der Waals surface area contributed by atoms with Gasteiger partial charge < -0.3 is 10.1 Å². The van der Waals surface area contributed by atoms with Crippen molar-refractivity contribution in [3.63, 3.8) is 0 Å². The van der Waals surface area contributed by atoms with Crippen LogP contribution in [0.3, 0.4) is 0 Å². The van der Waals surface area contributed by atoms with Crippen molar-refractivity contribution < 1.29 is 9.53 Å². The van der Waals surface area contributed by atoms with Gasteiger partial charge in [0, 0.05) is 29.9 Å². The molecule has 1 aromatic heterocycles. The van der Waals surface area contributed by atoms with Crippen molar-refractivity contribution in [1.29, 1.82) is 0 Å². The standard InChI is InChI=1S/C18H28N2O2S/c1-14(19-18(21)15-6-3-2-4-7-15)17(16-8-5-13-23-16)20-9-11-22-12-10-20/h5,8,13-15,17H,2-4,6-7,9-12H2,1H3,(H,19,21)/t14-,17-/m0/s1. The summed E-state index contributed by atoms with van der Waals surface area (Å²) in [5.41, 5.74) is 0. The molecule has 0 aromatic carbocycles. The highest BCUT2D eigenvalue weighted by Crippen LogP contribution is 2.30. The molecule has 128 valence electrons. The van der Waals surface area contributed by atoms with Gasteiger partial charge >= 0.3 is 0 Å². The first kappa shape index (κ1) is 16.9. The number of hydrogen-bond acceptors (Lipinski definition) is 4. The lowest BCUT2D eigenvalue weighted by atomic mass is 9.88. The minimum Gasteiger partial charge on any atom is -0.379 e. The Bertz CT molecular complexity index is 479. The Balaban J connectivity index is 1.67. The molecular formula is C18H28N2O2S. The third-order valence-electron chi connectivity index (χ3n) is 5.09. The van der Waals surface area contributed by atoms with Crippen LogP contribution in [0.15, 0.2) is 17.5 Å². The molecule has 1 aromatic rings. The Morgan fingerprint density at radius 2 is 2.04 bits per heavy atom. The molecule has 1 amide bonds. The largest absolute Gasteiger partial charge is 0.379 e. The van der Waals surface area contributed by atoms with Crippen molar-refractivity contribution in [2.24, 2.45) is 5.92 Å². The summed E-state index contributed by atoms with van der Waals surface area (Å²) in [6, 6.07) is 4.67. The summed E-state index contributed by atoms with van der Waals surface area (Å²) >= 11 is 1.78. The summed E-state index contributed by atoms with van der Waals surface area (Å²) in [7, 11) is 0. The molecule has 1 aliphatic heterocycles. The number of carbonyl (C=O) groups is 1. The highest BCUT2D eigenvalue weighted by atomic mass is 32.1. The first-order chi connectivity index (χ1) is 11.3. The predicted octanol–water partition coefficient (Wildman–Crippen LogP) is 3.21. The molecule has 5 heteroatoms. The van der Waals surface area contributed by atoms with Crippen LogP contribution in [0.2, 0.25) is 0 Å². The van der Waals surface area contributed by atoms with Crippen molar-refractivity contribution in [2.75, 3.05) is 26.3 Å². The Kier molecular flexibility index (Phi) is 6.08. The zero-order valence-electron chi connectivity index (χ0n) is 14.0. The Labute approximate surface area is 143 Å². The molecule has 1 saturated carbocycles. The van der Waals surface area contributed by atoms with Gasteiger partial charge in [-0.25, -0.2) is 0 Å². The van der Waals surface area contributed by atoms with E-state index in [-0.39, 0.29) is 23.9 Å². The highest BCUT2D eigenvalue weighted by Gasteiger charge is 2.31. The molecule has 2 heterocycles. The van der Waals surface area contributed by atoms with E-state index in [1.807, 2.05) is 0 Å². The first-order valence-electron chi connectivity index (χ1n) is 8.91. The average Bonchev–Trinajstić information content (AvgIpc) is 3.11. The summed E-state index contributed by atoms with van der Waals surface area (Å²) < 4.78 is 5.50. The van der Waals surface area contributed by atoms with Gasteiger partial charge in [-0.1, -0.05) is 25.3 Å². The van der Waals surface area contributed by atoms with Crippen molar-refractivity contribution >= 4 is 17.2 Å². The van der Waals surface area contributed by atoms with Gasteiger partial charge in [0.25, 0.3) is 0 Å². The van der Waals surface area contributed by atoms with E-state index in [1.54, 1.807) is 11.3 Å². The van der Waals surface area contributed by atoms with Crippen LogP contribution in [-0.2, 0) is 9.53 Å². The lowest BCUT2D eigenvalue weighted by Crippen LogP contribution is -2.49. The number of nitrogens with zero attached hydrogens (tertiary/aromatic N) is 1. The van der Waals surface area contributed by atoms with E-state index in [4.69, 9.17) is 4.74 Å². The number of carbonyl (C=O) groups excluding carboxylic acids is 1. The van der Waals surface area contributed by atoms with Gasteiger partial charge in [0.05, 0.1) is 19.3 Å². The molecule has 3 rings (SSSR count). The Morgan fingerprint density at radius 1 is 1.30 bits per heavy atom. The van der Waals surface area contributed by atoms with Crippen LogP contribution in [0.25, 0.3) is 0 Å². The molecule has 23 heavy (non-hydrogen) atoms. The maximum atomic E-state index is 12.6. The summed E-state index contributed by atoms with van der Waals surface area (Å²) in [5, 5.41) is 5.44. The molecule has 0 bridgehead atoms. The molecular weight excluding hydrogens is 308 g/mol. The molecule has 2 atom stereocenters. The topological polar surface area (TPSA) is 41.6 Å². The van der Waals surface area contributed by atoms with Crippen LogP contribution >= 0.6 is 11.3 Å². The number of hydrogen-bond donors (Lipinski definition) is 1. The fraction of sp³-hybridized carbons (Fsp3) is 0.722. The van der Waals surface area contributed by atoms with Gasteiger partial charge in [-0.15, -0.1) is 11.3 Å². The van der Waals surface area contributed by atoms with Crippen LogP contribution in [-0.4, -0.2) is 43.2 Å². The normalized spacial score (nSPS) is 23.3. The maximum Gasteiger partial charge on any atom is 0.223 e. The van der Waals surface area contributed by atoms with Gasteiger partial charge in [-0.3, -0.25) is 9.69 Å². The third kappa shape index (κ3) is 4.34. The quantitative estimate of drug-likeness (QED) is 0.898. The molecule has 2 fully saturated rings. The van der Waals surface area contributed by atoms with Crippen LogP contribution in [0.4, 0.5) is 0 Å². The van der Waals surface area contributed by atoms with Crippen LogP contribution in [0, 0.1) is 5.92 Å². The Hall–Kier alpha value is -0.910. The predicted molar refractivity (Wildman–Crippen MR) is 93.6 cm³/mol. The minimum absolute atomic E-state index is 0.126. The SMILES string of the molecule is C[C@H](NC(=O)C1CCCCC1)[C@@H](c1cccs1)N1CCOCC1. The zero-order valence-corrected chi connectivity index (χ0v) is 14.8. The van der Waals surface area contributed by atoms with Gasteiger partial charge in [0.15, 0.2) is 0 Å². The van der Waals surface area contributed by atoms with E-state index >= 15 is 0 Å². The molecule has 0 spiro atoms. The molecule has 1 saturated heterocycles. The van der Waals surface area contributed by atoms with E-state index in [0.29, 0.717) is 0 Å². The van der Waals surface area contributed by atoms with Gasteiger partial charge in [0.1, 0.15) is 0 Å².